The van der Waals surface area contributed by atoms with Gasteiger partial charge in [0.1, 0.15) is 6.10 Å². The summed E-state index contributed by atoms with van der Waals surface area (Å²) >= 11 is 41.7. The van der Waals surface area contributed by atoms with Crippen molar-refractivity contribution in [1.82, 2.24) is 0 Å². The first kappa shape index (κ1) is 20.3. The van der Waals surface area contributed by atoms with Gasteiger partial charge in [0.2, 0.25) is 8.13 Å². The van der Waals surface area contributed by atoms with Crippen molar-refractivity contribution in [3.8, 4) is 0 Å². The summed E-state index contributed by atoms with van der Waals surface area (Å²) in [6.07, 6.45) is 0.522. The van der Waals surface area contributed by atoms with Crippen LogP contribution in [0, 0.1) is 0 Å². The van der Waals surface area contributed by atoms with Crippen LogP contribution in [-0.2, 0) is 9.44 Å². The quantitative estimate of drug-likeness (QED) is 0.441. The summed E-state index contributed by atoms with van der Waals surface area (Å²) < 4.78 is -6.07. The molecule has 0 saturated heterocycles. The standard InChI is InChI=1S/C13H12Cl7O/c1-2-3-10(21)8-4-6-9(7-5-8)11(14,15)12(16,17)13(18,19)20/h4-7,10H,2-3H2,1H3. The number of benzene rings is 1. The lowest BCUT2D eigenvalue weighted by molar-refractivity contribution is 0.0805. The monoisotopic (exact) mass is 429 g/mol. The highest BCUT2D eigenvalue weighted by atomic mass is 35.6. The molecule has 1 rings (SSSR count). The average molecular weight is 432 g/mol. The van der Waals surface area contributed by atoms with Crippen molar-refractivity contribution in [1.29, 1.82) is 0 Å². The van der Waals surface area contributed by atoms with Crippen LogP contribution in [0.5, 0.6) is 0 Å². The fourth-order valence-corrected chi connectivity index (χ4v) is 3.16. The van der Waals surface area contributed by atoms with Crippen LogP contribution in [-0.4, -0.2) is 8.13 Å². The predicted octanol–water partition coefficient (Wildman–Crippen LogP) is 7.13. The van der Waals surface area contributed by atoms with Gasteiger partial charge in [0.25, 0.3) is 0 Å². The van der Waals surface area contributed by atoms with Crippen LogP contribution in [0.2, 0.25) is 0 Å². The molecule has 0 N–H and O–H groups in total. The van der Waals surface area contributed by atoms with Crippen LogP contribution >= 0.6 is 81.2 Å². The highest BCUT2D eigenvalue weighted by Gasteiger charge is 2.60. The Morgan fingerprint density at radius 3 is 1.81 bits per heavy atom. The molecule has 0 spiro atoms. The second kappa shape index (κ2) is 7.40. The molecule has 1 radical (unpaired) electrons. The Hall–Kier alpha value is 1.21. The van der Waals surface area contributed by atoms with Crippen LogP contribution in [0.15, 0.2) is 24.3 Å². The van der Waals surface area contributed by atoms with E-state index in [-0.39, 0.29) is 0 Å². The summed E-state index contributed by atoms with van der Waals surface area (Å²) in [4.78, 5) is 0. The Labute approximate surface area is 159 Å². The average Bonchev–Trinajstić information content (AvgIpc) is 2.37. The van der Waals surface area contributed by atoms with Gasteiger partial charge >= 0.3 is 0 Å². The zero-order valence-corrected chi connectivity index (χ0v) is 16.1. The largest absolute Gasteiger partial charge is 0.228 e. The summed E-state index contributed by atoms with van der Waals surface area (Å²) in [5.41, 5.74) is 0.947. The molecule has 1 nitrogen and oxygen atoms in total. The Balaban J connectivity index is 3.11. The van der Waals surface area contributed by atoms with Crippen molar-refractivity contribution in [2.24, 2.45) is 0 Å². The van der Waals surface area contributed by atoms with E-state index in [1.54, 1.807) is 24.3 Å². The lowest BCUT2D eigenvalue weighted by Gasteiger charge is -2.37. The maximum Gasteiger partial charge on any atom is 0.226 e. The van der Waals surface area contributed by atoms with Gasteiger partial charge < -0.3 is 0 Å². The molecule has 0 bridgehead atoms. The predicted molar refractivity (Wildman–Crippen MR) is 92.9 cm³/mol. The molecular formula is C13H12Cl7O. The van der Waals surface area contributed by atoms with E-state index in [9.17, 15) is 5.11 Å². The number of hydrogen-bond donors (Lipinski definition) is 0. The molecule has 0 heterocycles. The van der Waals surface area contributed by atoms with Gasteiger partial charge in [-0.1, -0.05) is 119 Å². The zero-order chi connectivity index (χ0) is 16.5. The smallest absolute Gasteiger partial charge is 0.226 e. The van der Waals surface area contributed by atoms with Crippen molar-refractivity contribution >= 4 is 81.2 Å². The maximum atomic E-state index is 11.9. The van der Waals surface area contributed by atoms with Crippen molar-refractivity contribution < 1.29 is 5.11 Å². The van der Waals surface area contributed by atoms with Gasteiger partial charge in [0.05, 0.1) is 0 Å². The fourth-order valence-electron chi connectivity index (χ4n) is 1.70. The molecule has 1 aromatic carbocycles. The highest BCUT2D eigenvalue weighted by molar-refractivity contribution is 6.78. The molecule has 0 fully saturated rings. The molecule has 0 aromatic heterocycles. The van der Waals surface area contributed by atoms with E-state index >= 15 is 0 Å². The van der Waals surface area contributed by atoms with Crippen molar-refractivity contribution in [3.05, 3.63) is 35.4 Å². The van der Waals surface area contributed by atoms with Crippen molar-refractivity contribution in [2.75, 3.05) is 0 Å². The van der Waals surface area contributed by atoms with Crippen LogP contribution < -0.4 is 0 Å². The molecule has 0 saturated carbocycles. The molecule has 1 unspecified atom stereocenters. The van der Waals surface area contributed by atoms with Crippen LogP contribution in [0.3, 0.4) is 0 Å². The van der Waals surface area contributed by atoms with E-state index in [1.165, 1.54) is 0 Å². The number of alkyl halides is 7. The number of rotatable bonds is 5. The Bertz CT molecular complexity index is 464. The number of hydrogen-bond acceptors (Lipinski definition) is 0. The summed E-state index contributed by atoms with van der Waals surface area (Å²) in [6.45, 7) is 1.94. The molecular weight excluding hydrogens is 420 g/mol. The second-order valence-corrected chi connectivity index (χ2v) is 9.48. The first-order chi connectivity index (χ1) is 9.45. The summed E-state index contributed by atoms with van der Waals surface area (Å²) in [6, 6.07) is 6.33. The third-order valence-electron chi connectivity index (χ3n) is 2.95. The van der Waals surface area contributed by atoms with E-state index in [4.69, 9.17) is 81.2 Å². The van der Waals surface area contributed by atoms with E-state index in [2.05, 4.69) is 0 Å². The minimum absolute atomic E-state index is 0.328. The fraction of sp³-hybridized carbons (Fsp3) is 0.538. The van der Waals surface area contributed by atoms with E-state index in [0.29, 0.717) is 17.5 Å². The molecule has 21 heavy (non-hydrogen) atoms. The summed E-state index contributed by atoms with van der Waals surface area (Å²) in [5.74, 6) is 0. The highest BCUT2D eigenvalue weighted by Crippen LogP contribution is 2.60. The zero-order valence-electron chi connectivity index (χ0n) is 10.9. The Morgan fingerprint density at radius 1 is 0.952 bits per heavy atom. The van der Waals surface area contributed by atoms with Gasteiger partial charge in [0.15, 0.2) is 4.33 Å². The molecule has 1 atom stereocenters. The molecule has 0 amide bonds. The van der Waals surface area contributed by atoms with Crippen LogP contribution in [0.4, 0.5) is 0 Å². The van der Waals surface area contributed by atoms with Crippen LogP contribution in [0.1, 0.15) is 37.0 Å². The minimum Gasteiger partial charge on any atom is -0.228 e. The molecule has 0 aliphatic carbocycles. The van der Waals surface area contributed by atoms with Gasteiger partial charge in [-0.3, -0.25) is 0 Å². The SMILES string of the molecule is CCCC([O])c1ccc(C(Cl)(Cl)C(Cl)(Cl)C(Cl)(Cl)Cl)cc1. The van der Waals surface area contributed by atoms with Crippen molar-refractivity contribution in [2.45, 2.75) is 38.3 Å². The van der Waals surface area contributed by atoms with Gasteiger partial charge in [-0.15, -0.1) is 0 Å². The minimum atomic E-state index is -2.11. The first-order valence-electron chi connectivity index (χ1n) is 6.03. The third kappa shape index (κ3) is 4.39. The van der Waals surface area contributed by atoms with Crippen LogP contribution in [0.25, 0.3) is 0 Å². The first-order valence-corrected chi connectivity index (χ1v) is 8.68. The normalized spacial score (nSPS) is 15.1. The van der Waals surface area contributed by atoms with Gasteiger partial charge in [-0.05, 0) is 17.5 Å². The maximum absolute atomic E-state index is 11.9. The van der Waals surface area contributed by atoms with E-state index in [1.807, 2.05) is 6.92 Å². The number of halogens is 7. The molecule has 119 valence electrons. The molecule has 0 aliphatic rings. The lowest BCUT2D eigenvalue weighted by atomic mass is 10.0. The van der Waals surface area contributed by atoms with Gasteiger partial charge in [-0.2, -0.15) is 0 Å². The Morgan fingerprint density at radius 2 is 1.43 bits per heavy atom. The topological polar surface area (TPSA) is 19.9 Å². The third-order valence-corrected chi connectivity index (χ3v) is 6.90. The molecule has 1 aromatic rings. The molecule has 0 aliphatic heterocycles. The van der Waals surface area contributed by atoms with Crippen molar-refractivity contribution in [3.63, 3.8) is 0 Å². The Kier molecular flexibility index (Phi) is 7.14. The van der Waals surface area contributed by atoms with Gasteiger partial charge in [-0.25, -0.2) is 5.11 Å². The van der Waals surface area contributed by atoms with E-state index < -0.39 is 18.6 Å². The summed E-state index contributed by atoms with van der Waals surface area (Å²) in [5, 5.41) is 11.9. The second-order valence-electron chi connectivity index (χ2n) is 4.55. The summed E-state index contributed by atoms with van der Waals surface area (Å²) in [7, 11) is 0. The van der Waals surface area contributed by atoms with Gasteiger partial charge in [0, 0.05) is 0 Å². The van der Waals surface area contributed by atoms with E-state index in [0.717, 1.165) is 6.42 Å². The molecule has 8 heteroatoms. The lowest BCUT2D eigenvalue weighted by Crippen LogP contribution is -2.45.